The van der Waals surface area contributed by atoms with Crippen molar-refractivity contribution in [3.8, 4) is 6.07 Å². The van der Waals surface area contributed by atoms with Crippen molar-refractivity contribution in [2.24, 2.45) is 0 Å². The van der Waals surface area contributed by atoms with E-state index in [-0.39, 0.29) is 30.4 Å². The molecule has 2 amide bonds. The molecule has 1 atom stereocenters. The number of hydrogen-bond acceptors (Lipinski definition) is 5. The summed E-state index contributed by atoms with van der Waals surface area (Å²) >= 11 is 0. The van der Waals surface area contributed by atoms with Gasteiger partial charge < -0.3 is 15.1 Å². The van der Waals surface area contributed by atoms with Crippen LogP contribution in [0.4, 0.5) is 0 Å². The lowest BCUT2D eigenvalue weighted by atomic mass is 10.0. The molecule has 1 aromatic rings. The first-order valence-electron chi connectivity index (χ1n) is 8.81. The zero-order valence-electron chi connectivity index (χ0n) is 14.2. The van der Waals surface area contributed by atoms with E-state index in [1.54, 1.807) is 29.4 Å². The highest BCUT2D eigenvalue weighted by atomic mass is 16.2. The lowest BCUT2D eigenvalue weighted by Crippen LogP contribution is -2.48. The molecule has 0 bridgehead atoms. The maximum Gasteiger partial charge on any atom is 0.255 e. The summed E-state index contributed by atoms with van der Waals surface area (Å²) in [6, 6.07) is 5.69. The van der Waals surface area contributed by atoms with Gasteiger partial charge in [0.2, 0.25) is 5.91 Å². The third-order valence-electron chi connectivity index (χ3n) is 4.95. The van der Waals surface area contributed by atoms with E-state index < -0.39 is 0 Å². The van der Waals surface area contributed by atoms with E-state index in [1.165, 1.54) is 0 Å². The summed E-state index contributed by atoms with van der Waals surface area (Å²) in [6.07, 6.45) is 6.56. The molecule has 2 aliphatic rings. The molecule has 0 aliphatic carbocycles. The van der Waals surface area contributed by atoms with Gasteiger partial charge in [-0.3, -0.25) is 14.6 Å². The van der Waals surface area contributed by atoms with Crippen LogP contribution in [-0.2, 0) is 4.79 Å². The Balaban J connectivity index is 1.43. The Morgan fingerprint density at radius 3 is 2.76 bits per heavy atom. The molecule has 7 nitrogen and oxygen atoms in total. The number of nitriles is 1. The number of rotatable bonds is 4. The fourth-order valence-corrected chi connectivity index (χ4v) is 3.49. The standard InChI is InChI=1S/C18H23N5O2/c19-11-16-4-2-8-23(16)17(24)13-21-15-5-9-22(10-6-15)18(25)14-3-1-7-20-12-14/h1,3,7,12,15-16,21H,2,4-6,8-10,13H2/t16-/m0/s1. The fraction of sp³-hybridized carbons (Fsp3) is 0.556. The molecule has 7 heteroatoms. The van der Waals surface area contributed by atoms with E-state index >= 15 is 0 Å². The van der Waals surface area contributed by atoms with Crippen LogP contribution in [0.1, 0.15) is 36.0 Å². The zero-order valence-corrected chi connectivity index (χ0v) is 14.2. The van der Waals surface area contributed by atoms with Crippen LogP contribution in [0, 0.1) is 11.3 Å². The number of hydrogen-bond donors (Lipinski definition) is 1. The normalized spacial score (nSPS) is 21.2. The first kappa shape index (κ1) is 17.4. The van der Waals surface area contributed by atoms with Gasteiger partial charge in [-0.1, -0.05) is 0 Å². The van der Waals surface area contributed by atoms with Crippen LogP contribution in [0.25, 0.3) is 0 Å². The number of carbonyl (C=O) groups is 2. The molecule has 2 fully saturated rings. The fourth-order valence-electron chi connectivity index (χ4n) is 3.49. The first-order valence-corrected chi connectivity index (χ1v) is 8.81. The van der Waals surface area contributed by atoms with Crippen LogP contribution >= 0.6 is 0 Å². The van der Waals surface area contributed by atoms with Crippen molar-refractivity contribution in [2.75, 3.05) is 26.2 Å². The van der Waals surface area contributed by atoms with Crippen molar-refractivity contribution in [1.82, 2.24) is 20.1 Å². The molecule has 0 spiro atoms. The quantitative estimate of drug-likeness (QED) is 0.874. The van der Waals surface area contributed by atoms with Crippen LogP contribution < -0.4 is 5.32 Å². The summed E-state index contributed by atoms with van der Waals surface area (Å²) in [6.45, 7) is 2.28. The Labute approximate surface area is 147 Å². The van der Waals surface area contributed by atoms with E-state index in [9.17, 15) is 9.59 Å². The van der Waals surface area contributed by atoms with E-state index in [4.69, 9.17) is 5.26 Å². The van der Waals surface area contributed by atoms with Crippen LogP contribution in [0.3, 0.4) is 0 Å². The van der Waals surface area contributed by atoms with Gasteiger partial charge in [0, 0.05) is 38.1 Å². The van der Waals surface area contributed by atoms with E-state index in [1.807, 2.05) is 4.90 Å². The Hall–Kier alpha value is -2.46. The van der Waals surface area contributed by atoms with Crippen LogP contribution in [0.5, 0.6) is 0 Å². The summed E-state index contributed by atoms with van der Waals surface area (Å²) in [5.41, 5.74) is 0.612. The largest absolute Gasteiger partial charge is 0.338 e. The smallest absolute Gasteiger partial charge is 0.255 e. The maximum atomic E-state index is 12.4. The molecule has 2 saturated heterocycles. The van der Waals surface area contributed by atoms with Gasteiger partial charge in [-0.05, 0) is 37.8 Å². The molecule has 0 radical (unpaired) electrons. The second-order valence-corrected chi connectivity index (χ2v) is 6.56. The molecular formula is C18H23N5O2. The molecule has 0 saturated carbocycles. The molecule has 132 valence electrons. The van der Waals surface area contributed by atoms with Gasteiger partial charge in [-0.15, -0.1) is 0 Å². The topological polar surface area (TPSA) is 89.3 Å². The monoisotopic (exact) mass is 341 g/mol. The average molecular weight is 341 g/mol. The van der Waals surface area contributed by atoms with Crippen molar-refractivity contribution in [1.29, 1.82) is 5.26 Å². The predicted octanol–water partition coefficient (Wildman–Crippen LogP) is 0.790. The van der Waals surface area contributed by atoms with E-state index in [2.05, 4.69) is 16.4 Å². The van der Waals surface area contributed by atoms with E-state index in [0.29, 0.717) is 25.2 Å². The molecule has 2 aliphatic heterocycles. The third-order valence-corrected chi connectivity index (χ3v) is 4.95. The lowest BCUT2D eigenvalue weighted by molar-refractivity contribution is -0.130. The maximum absolute atomic E-state index is 12.4. The molecule has 1 aromatic heterocycles. The van der Waals surface area contributed by atoms with Gasteiger partial charge in [-0.2, -0.15) is 5.26 Å². The minimum Gasteiger partial charge on any atom is -0.338 e. The first-order chi connectivity index (χ1) is 12.2. The SMILES string of the molecule is N#C[C@@H]1CCCN1C(=O)CNC1CCN(C(=O)c2cccnc2)CC1. The van der Waals surface area contributed by atoms with E-state index in [0.717, 1.165) is 25.7 Å². The highest BCUT2D eigenvalue weighted by molar-refractivity contribution is 5.93. The lowest BCUT2D eigenvalue weighted by Gasteiger charge is -2.32. The molecule has 25 heavy (non-hydrogen) atoms. The van der Waals surface area contributed by atoms with Gasteiger partial charge in [-0.25, -0.2) is 0 Å². The van der Waals surface area contributed by atoms with Crippen LogP contribution in [0.2, 0.25) is 0 Å². The third kappa shape index (κ3) is 4.15. The molecule has 0 unspecified atom stereocenters. The number of nitrogens with zero attached hydrogens (tertiary/aromatic N) is 4. The van der Waals surface area contributed by atoms with Crippen LogP contribution in [-0.4, -0.2) is 64.9 Å². The predicted molar refractivity (Wildman–Crippen MR) is 91.5 cm³/mol. The number of carbonyl (C=O) groups excluding carboxylic acids is 2. The Kier molecular flexibility index (Phi) is 5.61. The van der Waals surface area contributed by atoms with Gasteiger partial charge >= 0.3 is 0 Å². The highest BCUT2D eigenvalue weighted by Gasteiger charge is 2.29. The molecule has 3 rings (SSSR count). The number of likely N-dealkylation sites (tertiary alicyclic amines) is 2. The number of amides is 2. The second kappa shape index (κ2) is 8.08. The summed E-state index contributed by atoms with van der Waals surface area (Å²) in [5, 5.41) is 12.4. The van der Waals surface area contributed by atoms with Gasteiger partial charge in [0.05, 0.1) is 18.2 Å². The van der Waals surface area contributed by atoms with Gasteiger partial charge in [0.1, 0.15) is 6.04 Å². The Bertz CT molecular complexity index is 649. The van der Waals surface area contributed by atoms with Crippen molar-refractivity contribution < 1.29 is 9.59 Å². The Morgan fingerprint density at radius 2 is 2.08 bits per heavy atom. The van der Waals surface area contributed by atoms with Crippen molar-refractivity contribution in [3.63, 3.8) is 0 Å². The molecule has 3 heterocycles. The van der Waals surface area contributed by atoms with Gasteiger partial charge in [0.25, 0.3) is 5.91 Å². The summed E-state index contributed by atoms with van der Waals surface area (Å²) in [4.78, 5) is 32.1. The minimum atomic E-state index is -0.270. The molecule has 1 N–H and O–H groups in total. The van der Waals surface area contributed by atoms with Crippen molar-refractivity contribution in [3.05, 3.63) is 30.1 Å². The zero-order chi connectivity index (χ0) is 17.6. The number of aromatic nitrogens is 1. The number of piperidine rings is 1. The number of nitrogens with one attached hydrogen (secondary N) is 1. The summed E-state index contributed by atoms with van der Waals surface area (Å²) in [5.74, 6) is 0.00877. The number of pyridine rings is 1. The Morgan fingerprint density at radius 1 is 1.28 bits per heavy atom. The molecular weight excluding hydrogens is 318 g/mol. The van der Waals surface area contributed by atoms with Gasteiger partial charge in [0.15, 0.2) is 0 Å². The highest BCUT2D eigenvalue weighted by Crippen LogP contribution is 2.17. The van der Waals surface area contributed by atoms with Crippen molar-refractivity contribution >= 4 is 11.8 Å². The molecule has 0 aromatic carbocycles. The minimum absolute atomic E-state index is 0.00193. The average Bonchev–Trinajstić information content (AvgIpc) is 3.15. The summed E-state index contributed by atoms with van der Waals surface area (Å²) < 4.78 is 0. The van der Waals surface area contributed by atoms with Crippen molar-refractivity contribution in [2.45, 2.75) is 37.8 Å². The van der Waals surface area contributed by atoms with Crippen LogP contribution in [0.15, 0.2) is 24.5 Å². The summed E-state index contributed by atoms with van der Waals surface area (Å²) in [7, 11) is 0. The second-order valence-electron chi connectivity index (χ2n) is 6.56.